The molecule has 84 valence electrons. The molecular weight excluding hydrogens is 186 g/mol. The Kier molecular flexibility index (Phi) is 3.38. The lowest BCUT2D eigenvalue weighted by molar-refractivity contribution is 0.231. The maximum absolute atomic E-state index is 5.62. The van der Waals surface area contributed by atoms with Crippen molar-refractivity contribution < 1.29 is 4.74 Å². The largest absolute Gasteiger partial charge is 0.475 e. The van der Waals surface area contributed by atoms with Gasteiger partial charge in [-0.1, -0.05) is 20.8 Å². The van der Waals surface area contributed by atoms with Crippen molar-refractivity contribution in [1.29, 1.82) is 0 Å². The van der Waals surface area contributed by atoms with E-state index >= 15 is 0 Å². The first-order valence-electron chi connectivity index (χ1n) is 5.45. The molecule has 1 rings (SSSR count). The summed E-state index contributed by atoms with van der Waals surface area (Å²) in [5.74, 6) is 0.731. The van der Waals surface area contributed by atoms with Gasteiger partial charge in [0.2, 0.25) is 5.88 Å². The number of hydrogen-bond donors (Lipinski definition) is 0. The fourth-order valence-corrected chi connectivity index (χ4v) is 1.37. The summed E-state index contributed by atoms with van der Waals surface area (Å²) in [6.45, 7) is 12.6. The van der Waals surface area contributed by atoms with Crippen molar-refractivity contribution in [2.45, 2.75) is 53.1 Å². The van der Waals surface area contributed by atoms with Crippen LogP contribution in [0.5, 0.6) is 5.88 Å². The molecule has 1 aromatic rings. The van der Waals surface area contributed by atoms with Crippen LogP contribution in [0.3, 0.4) is 0 Å². The third-order valence-electron chi connectivity index (χ3n) is 2.15. The van der Waals surface area contributed by atoms with Crippen LogP contribution in [0.25, 0.3) is 0 Å². The van der Waals surface area contributed by atoms with Gasteiger partial charge in [-0.05, 0) is 37.8 Å². The van der Waals surface area contributed by atoms with Gasteiger partial charge in [0.1, 0.15) is 0 Å². The van der Waals surface area contributed by atoms with Crippen LogP contribution in [0.1, 0.15) is 45.9 Å². The molecule has 2 heteroatoms. The lowest BCUT2D eigenvalue weighted by Crippen LogP contribution is -2.14. The van der Waals surface area contributed by atoms with Crippen molar-refractivity contribution in [3.05, 3.63) is 23.4 Å². The molecule has 0 bridgehead atoms. The number of aromatic nitrogens is 1. The molecule has 0 aliphatic heterocycles. The van der Waals surface area contributed by atoms with Crippen LogP contribution in [-0.2, 0) is 5.41 Å². The van der Waals surface area contributed by atoms with Crippen LogP contribution in [0.2, 0.25) is 0 Å². The first kappa shape index (κ1) is 12.0. The molecule has 2 nitrogen and oxygen atoms in total. The standard InChI is InChI=1S/C13H21NO/c1-9(2)15-12-8-11(13(4,5)6)7-10(3)14-12/h7-9H,1-6H3. The molecule has 0 saturated heterocycles. The number of ether oxygens (including phenoxy) is 1. The maximum atomic E-state index is 5.62. The molecule has 0 saturated carbocycles. The van der Waals surface area contributed by atoms with Gasteiger partial charge in [0, 0.05) is 11.8 Å². The topological polar surface area (TPSA) is 22.1 Å². The molecule has 1 aromatic heterocycles. The predicted octanol–water partition coefficient (Wildman–Crippen LogP) is 3.47. The third kappa shape index (κ3) is 3.54. The molecule has 15 heavy (non-hydrogen) atoms. The van der Waals surface area contributed by atoms with Gasteiger partial charge in [0.15, 0.2) is 0 Å². The highest BCUT2D eigenvalue weighted by Crippen LogP contribution is 2.25. The molecule has 0 N–H and O–H groups in total. The Morgan fingerprint density at radius 2 is 1.80 bits per heavy atom. The minimum atomic E-state index is 0.142. The smallest absolute Gasteiger partial charge is 0.213 e. The van der Waals surface area contributed by atoms with Crippen molar-refractivity contribution in [1.82, 2.24) is 4.98 Å². The molecule has 0 aliphatic rings. The van der Waals surface area contributed by atoms with Crippen LogP contribution >= 0.6 is 0 Å². The summed E-state index contributed by atoms with van der Waals surface area (Å²) in [4.78, 5) is 4.37. The Labute approximate surface area is 92.7 Å². The van der Waals surface area contributed by atoms with Gasteiger partial charge in [0.25, 0.3) is 0 Å². The monoisotopic (exact) mass is 207 g/mol. The molecular formula is C13H21NO. The van der Waals surface area contributed by atoms with Gasteiger partial charge in [-0.3, -0.25) is 0 Å². The van der Waals surface area contributed by atoms with E-state index in [1.807, 2.05) is 26.8 Å². The molecule has 0 unspecified atom stereocenters. The van der Waals surface area contributed by atoms with E-state index in [0.717, 1.165) is 11.6 Å². The summed E-state index contributed by atoms with van der Waals surface area (Å²) in [5, 5.41) is 0. The van der Waals surface area contributed by atoms with Crippen LogP contribution < -0.4 is 4.74 Å². The van der Waals surface area contributed by atoms with Crippen LogP contribution in [0.4, 0.5) is 0 Å². The van der Waals surface area contributed by atoms with Gasteiger partial charge in [-0.25, -0.2) is 4.98 Å². The second kappa shape index (κ2) is 4.21. The van der Waals surface area contributed by atoms with E-state index in [1.165, 1.54) is 5.56 Å². The molecule has 0 fully saturated rings. The van der Waals surface area contributed by atoms with Crippen molar-refractivity contribution in [3.63, 3.8) is 0 Å². The normalized spacial score (nSPS) is 11.9. The summed E-state index contributed by atoms with van der Waals surface area (Å²) < 4.78 is 5.62. The number of aryl methyl sites for hydroxylation is 1. The van der Waals surface area contributed by atoms with Crippen LogP contribution in [0, 0.1) is 6.92 Å². The quantitative estimate of drug-likeness (QED) is 0.740. The number of rotatable bonds is 2. The molecule has 0 spiro atoms. The van der Waals surface area contributed by atoms with Crippen LogP contribution in [0.15, 0.2) is 12.1 Å². The zero-order chi connectivity index (χ0) is 11.6. The zero-order valence-corrected chi connectivity index (χ0v) is 10.6. The van der Waals surface area contributed by atoms with Crippen molar-refractivity contribution in [3.8, 4) is 5.88 Å². The molecule has 0 radical (unpaired) electrons. The highest BCUT2D eigenvalue weighted by molar-refractivity contribution is 5.29. The molecule has 0 aromatic carbocycles. The van der Waals surface area contributed by atoms with Crippen molar-refractivity contribution in [2.24, 2.45) is 0 Å². The Hall–Kier alpha value is -1.05. The first-order valence-corrected chi connectivity index (χ1v) is 5.45. The summed E-state index contributed by atoms with van der Waals surface area (Å²) >= 11 is 0. The highest BCUT2D eigenvalue weighted by atomic mass is 16.5. The second-order valence-corrected chi connectivity index (χ2v) is 5.25. The van der Waals surface area contributed by atoms with Gasteiger partial charge < -0.3 is 4.74 Å². The van der Waals surface area contributed by atoms with Crippen molar-refractivity contribution >= 4 is 0 Å². The van der Waals surface area contributed by atoms with E-state index < -0.39 is 0 Å². The number of hydrogen-bond acceptors (Lipinski definition) is 2. The second-order valence-electron chi connectivity index (χ2n) is 5.25. The Morgan fingerprint density at radius 1 is 1.20 bits per heavy atom. The fourth-order valence-electron chi connectivity index (χ4n) is 1.37. The fraction of sp³-hybridized carbons (Fsp3) is 0.615. The molecule has 1 heterocycles. The summed E-state index contributed by atoms with van der Waals surface area (Å²) in [6, 6.07) is 4.15. The van der Waals surface area contributed by atoms with E-state index in [-0.39, 0.29) is 11.5 Å². The minimum Gasteiger partial charge on any atom is -0.475 e. The maximum Gasteiger partial charge on any atom is 0.213 e. The highest BCUT2D eigenvalue weighted by Gasteiger charge is 2.15. The number of pyridine rings is 1. The SMILES string of the molecule is Cc1cc(C(C)(C)C)cc(OC(C)C)n1. The Bertz CT molecular complexity index is 337. The van der Waals surface area contributed by atoms with E-state index in [9.17, 15) is 0 Å². The minimum absolute atomic E-state index is 0.142. The predicted molar refractivity (Wildman–Crippen MR) is 63.4 cm³/mol. The lowest BCUT2D eigenvalue weighted by Gasteiger charge is -2.20. The van der Waals surface area contributed by atoms with Crippen LogP contribution in [-0.4, -0.2) is 11.1 Å². The first-order chi connectivity index (χ1) is 6.79. The van der Waals surface area contributed by atoms with Gasteiger partial charge in [-0.2, -0.15) is 0 Å². The molecule has 0 amide bonds. The van der Waals surface area contributed by atoms with Gasteiger partial charge >= 0.3 is 0 Å². The zero-order valence-electron chi connectivity index (χ0n) is 10.6. The Balaban J connectivity index is 3.06. The van der Waals surface area contributed by atoms with Gasteiger partial charge in [0.05, 0.1) is 6.10 Å². The summed E-state index contributed by atoms with van der Waals surface area (Å²) in [7, 11) is 0. The third-order valence-corrected chi connectivity index (χ3v) is 2.15. The average molecular weight is 207 g/mol. The Morgan fingerprint density at radius 3 is 2.27 bits per heavy atom. The van der Waals surface area contributed by atoms with Crippen molar-refractivity contribution in [2.75, 3.05) is 0 Å². The van der Waals surface area contributed by atoms with Gasteiger partial charge in [-0.15, -0.1) is 0 Å². The van der Waals surface area contributed by atoms with E-state index in [1.54, 1.807) is 0 Å². The molecule has 0 atom stereocenters. The van der Waals surface area contributed by atoms with E-state index in [4.69, 9.17) is 4.74 Å². The molecule has 0 aliphatic carbocycles. The number of nitrogens with zero attached hydrogens (tertiary/aromatic N) is 1. The van der Waals surface area contributed by atoms with E-state index in [0.29, 0.717) is 0 Å². The average Bonchev–Trinajstić information content (AvgIpc) is 1.99. The summed E-state index contributed by atoms with van der Waals surface area (Å²) in [5.41, 5.74) is 2.42. The summed E-state index contributed by atoms with van der Waals surface area (Å²) in [6.07, 6.45) is 0.173. The lowest BCUT2D eigenvalue weighted by atomic mass is 9.87. The van der Waals surface area contributed by atoms with E-state index in [2.05, 4.69) is 31.8 Å².